The maximum Gasteiger partial charge on any atom is 0.387 e. The first kappa shape index (κ1) is 18.6. The van der Waals surface area contributed by atoms with E-state index in [0.717, 1.165) is 30.2 Å². The van der Waals surface area contributed by atoms with Gasteiger partial charge in [0.1, 0.15) is 5.75 Å². The third kappa shape index (κ3) is 4.31. The van der Waals surface area contributed by atoms with Crippen molar-refractivity contribution in [1.29, 1.82) is 0 Å². The van der Waals surface area contributed by atoms with Crippen LogP contribution in [0.5, 0.6) is 5.75 Å². The Bertz CT molecular complexity index is 614. The summed E-state index contributed by atoms with van der Waals surface area (Å²) in [6, 6.07) is 5.38. The predicted molar refractivity (Wildman–Crippen MR) is 92.8 cm³/mol. The second-order valence-corrected chi connectivity index (χ2v) is 7.56. The van der Waals surface area contributed by atoms with Crippen molar-refractivity contribution in [3.05, 3.63) is 28.2 Å². The zero-order valence-electron chi connectivity index (χ0n) is 14.1. The number of aryl methyl sites for hydroxylation is 1. The first-order valence-corrected chi connectivity index (χ1v) is 9.34. The van der Waals surface area contributed by atoms with E-state index in [1.165, 1.54) is 6.07 Å². The molecule has 0 aromatic heterocycles. The number of amides is 1. The third-order valence-electron chi connectivity index (χ3n) is 5.16. The fourth-order valence-corrected chi connectivity index (χ4v) is 4.46. The molecule has 2 bridgehead atoms. The predicted octanol–water partition coefficient (Wildman–Crippen LogP) is 4.15. The lowest BCUT2D eigenvalue weighted by atomic mass is 9.98. The molecule has 1 amide bonds. The molecule has 138 valence electrons. The molecule has 2 fully saturated rings. The summed E-state index contributed by atoms with van der Waals surface area (Å²) < 4.78 is 35.9. The van der Waals surface area contributed by atoms with Crippen LogP contribution in [-0.4, -0.2) is 42.7 Å². The van der Waals surface area contributed by atoms with Gasteiger partial charge in [0, 0.05) is 30.1 Å². The molecule has 2 atom stereocenters. The average Bonchev–Trinajstić information content (AvgIpc) is 2.84. The summed E-state index contributed by atoms with van der Waals surface area (Å²) in [6.45, 7) is -2.88. The molecule has 2 aliphatic heterocycles. The van der Waals surface area contributed by atoms with Gasteiger partial charge in [-0.15, -0.1) is 0 Å². The fourth-order valence-electron chi connectivity index (χ4n) is 4.05. The van der Waals surface area contributed by atoms with E-state index in [1.54, 1.807) is 19.2 Å². The number of carbonyl (C=O) groups is 1. The van der Waals surface area contributed by atoms with Gasteiger partial charge >= 0.3 is 6.61 Å². The molecule has 3 rings (SSSR count). The van der Waals surface area contributed by atoms with Crippen LogP contribution in [0.4, 0.5) is 8.78 Å². The standard InChI is InChI=1S/C18H22BrF2NO3/c1-24-15-9-13-4-5-14(10-15)22(13)17(23)7-2-11-8-12(19)3-6-16(11)25-18(20)21/h3,6,8,13-15,18H,2,4-5,7,9-10H2,1H3. The Hall–Kier alpha value is -1.21. The molecule has 0 radical (unpaired) electrons. The van der Waals surface area contributed by atoms with E-state index < -0.39 is 6.61 Å². The summed E-state index contributed by atoms with van der Waals surface area (Å²) >= 11 is 3.34. The van der Waals surface area contributed by atoms with Crippen molar-refractivity contribution in [3.8, 4) is 5.75 Å². The van der Waals surface area contributed by atoms with Gasteiger partial charge in [0.05, 0.1) is 6.10 Å². The van der Waals surface area contributed by atoms with E-state index in [-0.39, 0.29) is 29.8 Å². The van der Waals surface area contributed by atoms with Gasteiger partial charge in [0.25, 0.3) is 0 Å². The molecule has 0 spiro atoms. The Balaban J connectivity index is 1.64. The maximum atomic E-state index is 12.7. The summed E-state index contributed by atoms with van der Waals surface area (Å²) in [5.41, 5.74) is 0.613. The number of benzene rings is 1. The number of alkyl halides is 2. The van der Waals surface area contributed by atoms with Crippen LogP contribution in [0.3, 0.4) is 0 Å². The normalized spacial score (nSPS) is 25.5. The molecule has 1 aromatic rings. The highest BCUT2D eigenvalue weighted by Gasteiger charge is 2.42. The van der Waals surface area contributed by atoms with Crippen LogP contribution in [-0.2, 0) is 16.0 Å². The third-order valence-corrected chi connectivity index (χ3v) is 5.65. The largest absolute Gasteiger partial charge is 0.435 e. The molecule has 25 heavy (non-hydrogen) atoms. The number of rotatable bonds is 6. The van der Waals surface area contributed by atoms with Gasteiger partial charge < -0.3 is 14.4 Å². The lowest BCUT2D eigenvalue weighted by molar-refractivity contribution is -0.137. The molecular weight excluding hydrogens is 396 g/mol. The minimum absolute atomic E-state index is 0.0880. The molecule has 0 aliphatic carbocycles. The highest BCUT2D eigenvalue weighted by Crippen LogP contribution is 2.37. The van der Waals surface area contributed by atoms with Crippen LogP contribution in [0.2, 0.25) is 0 Å². The summed E-state index contributed by atoms with van der Waals surface area (Å²) in [5.74, 6) is 0.220. The van der Waals surface area contributed by atoms with Crippen LogP contribution in [0.15, 0.2) is 22.7 Å². The summed E-state index contributed by atoms with van der Waals surface area (Å²) in [7, 11) is 1.72. The van der Waals surface area contributed by atoms with Crippen molar-refractivity contribution >= 4 is 21.8 Å². The Labute approximate surface area is 154 Å². The molecule has 7 heteroatoms. The highest BCUT2D eigenvalue weighted by atomic mass is 79.9. The average molecular weight is 418 g/mol. The monoisotopic (exact) mass is 417 g/mol. The van der Waals surface area contributed by atoms with Crippen LogP contribution >= 0.6 is 15.9 Å². The van der Waals surface area contributed by atoms with Gasteiger partial charge in [-0.2, -0.15) is 8.78 Å². The molecule has 0 N–H and O–H groups in total. The van der Waals surface area contributed by atoms with Gasteiger partial charge in [-0.05, 0) is 55.9 Å². The van der Waals surface area contributed by atoms with Gasteiger partial charge in [-0.1, -0.05) is 15.9 Å². The maximum absolute atomic E-state index is 12.7. The SMILES string of the molecule is COC1CC2CCC(C1)N2C(=O)CCc1cc(Br)ccc1OC(F)F. The Morgan fingerprint density at radius 1 is 1.32 bits per heavy atom. The molecule has 2 heterocycles. The number of nitrogens with zero attached hydrogens (tertiary/aromatic N) is 1. The number of hydrogen-bond donors (Lipinski definition) is 0. The minimum Gasteiger partial charge on any atom is -0.435 e. The van der Waals surface area contributed by atoms with E-state index in [4.69, 9.17) is 4.74 Å². The van der Waals surface area contributed by atoms with Gasteiger partial charge in [0.2, 0.25) is 5.91 Å². The molecule has 2 aliphatic rings. The minimum atomic E-state index is -2.88. The number of methoxy groups -OCH3 is 1. The quantitative estimate of drug-likeness (QED) is 0.697. The first-order chi connectivity index (χ1) is 12.0. The summed E-state index contributed by atoms with van der Waals surface area (Å²) in [4.78, 5) is 14.7. The molecule has 1 aromatic carbocycles. The number of halogens is 3. The Kier molecular flexibility index (Phi) is 5.94. The topological polar surface area (TPSA) is 38.8 Å². The number of carbonyl (C=O) groups excluding carboxylic acids is 1. The zero-order chi connectivity index (χ0) is 18.0. The molecule has 2 unspecified atom stereocenters. The van der Waals surface area contributed by atoms with Crippen molar-refractivity contribution in [2.75, 3.05) is 7.11 Å². The van der Waals surface area contributed by atoms with Crippen molar-refractivity contribution < 1.29 is 23.0 Å². The first-order valence-electron chi connectivity index (χ1n) is 8.55. The Morgan fingerprint density at radius 3 is 2.60 bits per heavy atom. The van der Waals surface area contributed by atoms with E-state index in [1.807, 2.05) is 4.90 Å². The molecule has 0 saturated carbocycles. The van der Waals surface area contributed by atoms with E-state index >= 15 is 0 Å². The van der Waals surface area contributed by atoms with Gasteiger partial charge in [0.15, 0.2) is 0 Å². The highest BCUT2D eigenvalue weighted by molar-refractivity contribution is 9.10. The van der Waals surface area contributed by atoms with Crippen molar-refractivity contribution in [2.45, 2.75) is 63.3 Å². The van der Waals surface area contributed by atoms with Crippen LogP contribution in [0.25, 0.3) is 0 Å². The van der Waals surface area contributed by atoms with Crippen molar-refractivity contribution in [1.82, 2.24) is 4.90 Å². The van der Waals surface area contributed by atoms with Gasteiger partial charge in [-0.3, -0.25) is 4.79 Å². The lowest BCUT2D eigenvalue weighted by Gasteiger charge is -2.38. The van der Waals surface area contributed by atoms with Crippen molar-refractivity contribution in [2.24, 2.45) is 0 Å². The fraction of sp³-hybridized carbons (Fsp3) is 0.611. The number of piperidine rings is 1. The number of hydrogen-bond acceptors (Lipinski definition) is 3. The second-order valence-electron chi connectivity index (χ2n) is 6.65. The number of fused-ring (bicyclic) bond motifs is 2. The molecule has 2 saturated heterocycles. The zero-order valence-corrected chi connectivity index (χ0v) is 15.7. The smallest absolute Gasteiger partial charge is 0.387 e. The molecular formula is C18H22BrF2NO3. The molecule has 4 nitrogen and oxygen atoms in total. The lowest BCUT2D eigenvalue weighted by Crippen LogP contribution is -2.48. The van der Waals surface area contributed by atoms with Gasteiger partial charge in [-0.25, -0.2) is 0 Å². The Morgan fingerprint density at radius 2 is 2.00 bits per heavy atom. The number of ether oxygens (including phenoxy) is 2. The van der Waals surface area contributed by atoms with Crippen LogP contribution < -0.4 is 4.74 Å². The summed E-state index contributed by atoms with van der Waals surface area (Å²) in [6.07, 6.45) is 4.72. The summed E-state index contributed by atoms with van der Waals surface area (Å²) in [5, 5.41) is 0. The van der Waals surface area contributed by atoms with E-state index in [2.05, 4.69) is 20.7 Å². The van der Waals surface area contributed by atoms with E-state index in [9.17, 15) is 13.6 Å². The van der Waals surface area contributed by atoms with Crippen molar-refractivity contribution in [3.63, 3.8) is 0 Å². The van der Waals surface area contributed by atoms with E-state index in [0.29, 0.717) is 18.4 Å². The van der Waals surface area contributed by atoms with Crippen LogP contribution in [0, 0.1) is 0 Å². The van der Waals surface area contributed by atoms with Crippen LogP contribution in [0.1, 0.15) is 37.7 Å². The second kappa shape index (κ2) is 7.99.